The van der Waals surface area contributed by atoms with Gasteiger partial charge in [0.05, 0.1) is 24.8 Å². The molecule has 24 heavy (non-hydrogen) atoms. The molecule has 4 heteroatoms. The van der Waals surface area contributed by atoms with Crippen LogP contribution in [-0.4, -0.2) is 12.8 Å². The maximum Gasteiger partial charge on any atom is 0.148 e. The molecule has 3 aromatic rings. The Bertz CT molecular complexity index is 854. The molecule has 0 saturated carbocycles. The summed E-state index contributed by atoms with van der Waals surface area (Å²) < 4.78 is 10.9. The largest absolute Gasteiger partial charge is 0.497 e. The fraction of sp³-hybridized carbons (Fsp3) is 0.150. The van der Waals surface area contributed by atoms with Gasteiger partial charge in [0.1, 0.15) is 11.5 Å². The zero-order valence-electron chi connectivity index (χ0n) is 13.3. The van der Waals surface area contributed by atoms with Crippen molar-refractivity contribution in [1.82, 2.24) is 0 Å². The molecule has 120 valence electrons. The first-order chi connectivity index (χ1) is 11.8. The lowest BCUT2D eigenvalue weighted by Crippen LogP contribution is -2.04. The van der Waals surface area contributed by atoms with E-state index in [0.29, 0.717) is 0 Å². The number of benzene rings is 2. The van der Waals surface area contributed by atoms with Crippen molar-refractivity contribution in [1.29, 1.82) is 0 Å². The minimum Gasteiger partial charge on any atom is -0.497 e. The molecule has 2 aromatic carbocycles. The summed E-state index contributed by atoms with van der Waals surface area (Å²) in [5.74, 6) is 1.71. The lowest BCUT2D eigenvalue weighted by molar-refractivity contribution is 0.414. The molecular formula is C20H17NO2S. The van der Waals surface area contributed by atoms with Crippen molar-refractivity contribution in [2.24, 2.45) is 4.99 Å². The average molecular weight is 335 g/mol. The molecule has 0 saturated heterocycles. The van der Waals surface area contributed by atoms with Crippen molar-refractivity contribution in [2.45, 2.75) is 16.6 Å². The van der Waals surface area contributed by atoms with Gasteiger partial charge in [-0.1, -0.05) is 24.3 Å². The van der Waals surface area contributed by atoms with Gasteiger partial charge in [0.25, 0.3) is 0 Å². The fourth-order valence-corrected chi connectivity index (χ4v) is 4.05. The highest BCUT2D eigenvalue weighted by Crippen LogP contribution is 2.45. The first-order valence-electron chi connectivity index (χ1n) is 7.84. The molecule has 0 aliphatic carbocycles. The molecule has 0 fully saturated rings. The Labute approximate surface area is 145 Å². The van der Waals surface area contributed by atoms with Gasteiger partial charge in [-0.3, -0.25) is 0 Å². The van der Waals surface area contributed by atoms with Crippen LogP contribution in [0.4, 0.5) is 5.69 Å². The van der Waals surface area contributed by atoms with Crippen molar-refractivity contribution < 1.29 is 9.15 Å². The number of furan rings is 1. The van der Waals surface area contributed by atoms with Crippen LogP contribution in [0.15, 0.2) is 81.2 Å². The van der Waals surface area contributed by atoms with E-state index >= 15 is 0 Å². The second-order valence-electron chi connectivity index (χ2n) is 5.59. The van der Waals surface area contributed by atoms with Gasteiger partial charge in [-0.2, -0.15) is 0 Å². The van der Waals surface area contributed by atoms with Gasteiger partial charge in [0.2, 0.25) is 0 Å². The number of fused-ring (bicyclic) bond motifs is 1. The molecule has 0 bridgehead atoms. The first-order valence-corrected chi connectivity index (χ1v) is 8.72. The number of rotatable bonds is 3. The second-order valence-corrected chi connectivity index (χ2v) is 6.83. The number of thioether (sulfide) groups is 1. The topological polar surface area (TPSA) is 34.7 Å². The smallest absolute Gasteiger partial charge is 0.148 e. The number of hydrogen-bond donors (Lipinski definition) is 0. The summed E-state index contributed by atoms with van der Waals surface area (Å²) >= 11 is 1.85. The van der Waals surface area contributed by atoms with E-state index < -0.39 is 0 Å². The summed E-state index contributed by atoms with van der Waals surface area (Å²) in [6.07, 6.45) is 2.52. The van der Waals surface area contributed by atoms with Crippen LogP contribution in [-0.2, 0) is 0 Å². The first kappa shape index (κ1) is 15.1. The number of nitrogens with zero attached hydrogens (tertiary/aromatic N) is 1. The summed E-state index contributed by atoms with van der Waals surface area (Å²) in [7, 11) is 1.69. The Morgan fingerprint density at radius 2 is 1.88 bits per heavy atom. The Morgan fingerprint density at radius 1 is 1.04 bits per heavy atom. The summed E-state index contributed by atoms with van der Waals surface area (Å²) in [4.78, 5) is 6.06. The Hall–Kier alpha value is -2.46. The van der Waals surface area contributed by atoms with Crippen LogP contribution in [0.25, 0.3) is 0 Å². The van der Waals surface area contributed by atoms with Crippen LogP contribution < -0.4 is 4.74 Å². The van der Waals surface area contributed by atoms with Gasteiger partial charge in [0.15, 0.2) is 0 Å². The monoisotopic (exact) mass is 335 g/mol. The third-order valence-electron chi connectivity index (χ3n) is 4.06. The zero-order chi connectivity index (χ0) is 16.4. The van der Waals surface area contributed by atoms with E-state index in [1.54, 1.807) is 13.4 Å². The number of ether oxygens (including phenoxy) is 1. The average Bonchev–Trinajstić information content (AvgIpc) is 3.09. The van der Waals surface area contributed by atoms with Gasteiger partial charge in [-0.25, -0.2) is 4.99 Å². The number of hydrogen-bond acceptors (Lipinski definition) is 4. The molecule has 2 heterocycles. The van der Waals surface area contributed by atoms with E-state index in [1.807, 2.05) is 42.1 Å². The minimum absolute atomic E-state index is 0.281. The minimum atomic E-state index is 0.281. The van der Waals surface area contributed by atoms with Crippen molar-refractivity contribution >= 4 is 23.2 Å². The van der Waals surface area contributed by atoms with E-state index in [1.165, 1.54) is 10.5 Å². The summed E-state index contributed by atoms with van der Waals surface area (Å²) in [6.45, 7) is 0. The van der Waals surface area contributed by atoms with Gasteiger partial charge in [-0.05, 0) is 42.0 Å². The number of para-hydroxylation sites is 1. The van der Waals surface area contributed by atoms with E-state index in [-0.39, 0.29) is 5.25 Å². The summed E-state index contributed by atoms with van der Waals surface area (Å²) in [6, 6.07) is 20.4. The van der Waals surface area contributed by atoms with Crippen molar-refractivity contribution in [2.75, 3.05) is 7.11 Å². The quantitative estimate of drug-likeness (QED) is 0.620. The Morgan fingerprint density at radius 3 is 2.62 bits per heavy atom. The predicted molar refractivity (Wildman–Crippen MR) is 97.6 cm³/mol. The highest BCUT2D eigenvalue weighted by Gasteiger charge is 2.23. The van der Waals surface area contributed by atoms with Crippen molar-refractivity contribution in [3.63, 3.8) is 0 Å². The van der Waals surface area contributed by atoms with Crippen LogP contribution in [0.5, 0.6) is 5.75 Å². The Balaban J connectivity index is 1.75. The fourth-order valence-electron chi connectivity index (χ4n) is 2.81. The van der Waals surface area contributed by atoms with Crippen LogP contribution >= 0.6 is 11.8 Å². The van der Waals surface area contributed by atoms with Gasteiger partial charge in [0, 0.05) is 16.6 Å². The molecule has 1 aliphatic rings. The molecule has 0 amide bonds. The normalized spacial score (nSPS) is 16.9. The molecule has 0 N–H and O–H groups in total. The molecule has 1 aliphatic heterocycles. The van der Waals surface area contributed by atoms with E-state index in [9.17, 15) is 0 Å². The lowest BCUT2D eigenvalue weighted by Gasteiger charge is -2.16. The van der Waals surface area contributed by atoms with Gasteiger partial charge in [-0.15, -0.1) is 11.8 Å². The van der Waals surface area contributed by atoms with Gasteiger partial charge < -0.3 is 9.15 Å². The van der Waals surface area contributed by atoms with Crippen LogP contribution in [0.3, 0.4) is 0 Å². The van der Waals surface area contributed by atoms with Gasteiger partial charge >= 0.3 is 0 Å². The molecule has 0 unspecified atom stereocenters. The number of methoxy groups -OCH3 is 1. The van der Waals surface area contributed by atoms with E-state index in [4.69, 9.17) is 14.1 Å². The SMILES string of the molecule is COc1ccc([C@H]2CC(c3ccco3)=Nc3ccccc3S2)cc1. The number of aliphatic imine (C=N–C) groups is 1. The van der Waals surface area contributed by atoms with E-state index in [0.717, 1.165) is 29.3 Å². The Kier molecular flexibility index (Phi) is 4.13. The summed E-state index contributed by atoms with van der Waals surface area (Å²) in [5, 5.41) is 0.281. The molecule has 1 atom stereocenters. The van der Waals surface area contributed by atoms with E-state index in [2.05, 4.69) is 30.3 Å². The predicted octanol–water partition coefficient (Wildman–Crippen LogP) is 5.65. The molecule has 4 rings (SSSR count). The highest BCUT2D eigenvalue weighted by atomic mass is 32.2. The maximum absolute atomic E-state index is 5.60. The summed E-state index contributed by atoms with van der Waals surface area (Å²) in [5.41, 5.74) is 3.25. The zero-order valence-corrected chi connectivity index (χ0v) is 14.1. The third-order valence-corrected chi connectivity index (χ3v) is 5.38. The lowest BCUT2D eigenvalue weighted by atomic mass is 10.0. The van der Waals surface area contributed by atoms with Crippen LogP contribution in [0.2, 0.25) is 0 Å². The standard InChI is InChI=1S/C20H17NO2S/c1-22-15-10-8-14(9-11-15)20-13-17(18-6-4-12-23-18)21-16-5-2-3-7-19(16)24-20/h2-12,20H,13H2,1H3/t20-/m1/s1. The van der Waals surface area contributed by atoms with Crippen molar-refractivity contribution in [3.05, 3.63) is 78.3 Å². The maximum atomic E-state index is 5.60. The molecule has 0 spiro atoms. The molecular weight excluding hydrogens is 318 g/mol. The third kappa shape index (κ3) is 2.97. The van der Waals surface area contributed by atoms with Crippen LogP contribution in [0.1, 0.15) is 23.0 Å². The van der Waals surface area contributed by atoms with Crippen LogP contribution in [0, 0.1) is 0 Å². The van der Waals surface area contributed by atoms with Crippen molar-refractivity contribution in [3.8, 4) is 5.75 Å². The highest BCUT2D eigenvalue weighted by molar-refractivity contribution is 7.99. The molecule has 0 radical (unpaired) electrons. The second kappa shape index (κ2) is 6.57. The molecule has 3 nitrogen and oxygen atoms in total. The molecule has 1 aromatic heterocycles.